The molecule has 4 fully saturated rings. The van der Waals surface area contributed by atoms with Gasteiger partial charge in [0.1, 0.15) is 6.10 Å². The van der Waals surface area contributed by atoms with E-state index >= 15 is 0 Å². The first-order valence-corrected chi connectivity index (χ1v) is 11.2. The van der Waals surface area contributed by atoms with E-state index in [4.69, 9.17) is 26.8 Å². The summed E-state index contributed by atoms with van der Waals surface area (Å²) in [5.74, 6) is -1.10. The van der Waals surface area contributed by atoms with Gasteiger partial charge < -0.3 is 15.2 Å². The van der Waals surface area contributed by atoms with Crippen molar-refractivity contribution in [3.8, 4) is 0 Å². The van der Waals surface area contributed by atoms with Gasteiger partial charge in [-0.25, -0.2) is 0 Å². The topological polar surface area (TPSA) is 71.8 Å². The lowest BCUT2D eigenvalue weighted by molar-refractivity contribution is -0.190. The number of nitrogens with one attached hydrogen (secondary N) is 2. The van der Waals surface area contributed by atoms with Gasteiger partial charge in [-0.05, 0) is 44.1 Å². The van der Waals surface area contributed by atoms with Gasteiger partial charge in [0.05, 0.1) is 37.6 Å². The Labute approximate surface area is 175 Å². The van der Waals surface area contributed by atoms with Crippen molar-refractivity contribution in [2.45, 2.75) is 61.8 Å². The first-order chi connectivity index (χ1) is 13.8. The first kappa shape index (κ1) is 22.0. The predicted molar refractivity (Wildman–Crippen MR) is 103 cm³/mol. The van der Waals surface area contributed by atoms with E-state index in [0.29, 0.717) is 45.1 Å². The predicted octanol–water partition coefficient (Wildman–Crippen LogP) is 1.48. The van der Waals surface area contributed by atoms with E-state index in [0.717, 1.165) is 19.5 Å². The second kappa shape index (κ2) is 9.14. The van der Waals surface area contributed by atoms with Crippen molar-refractivity contribution < 1.29 is 22.6 Å². The zero-order valence-electron chi connectivity index (χ0n) is 16.5. The van der Waals surface area contributed by atoms with Gasteiger partial charge in [-0.1, -0.05) is 0 Å². The number of hydrogen-bond donors (Lipinski definition) is 3. The normalized spacial score (nSPS) is 42.7. The lowest BCUT2D eigenvalue weighted by Crippen LogP contribution is -2.69. The standard InChI is InChI=1S/C19H32ClF3N4O2/c20-15-2-1-12(5-14(15)19(21,22)23)17-25-7-16(29-13-9-28-10-13)18(26-17)27-4-3-11(6-24)8-27/h11-18,25-26H,1-10,24H2. The van der Waals surface area contributed by atoms with Crippen molar-refractivity contribution in [1.82, 2.24) is 15.5 Å². The summed E-state index contributed by atoms with van der Waals surface area (Å²) in [5, 5.41) is 6.19. The van der Waals surface area contributed by atoms with Crippen LogP contribution in [0, 0.1) is 17.8 Å². The summed E-state index contributed by atoms with van der Waals surface area (Å²) in [6, 6.07) is 0. The van der Waals surface area contributed by atoms with Crippen molar-refractivity contribution in [2.75, 3.05) is 39.4 Å². The molecule has 3 saturated heterocycles. The maximum Gasteiger partial charge on any atom is 0.393 e. The molecule has 0 bridgehead atoms. The Morgan fingerprint density at radius 3 is 2.62 bits per heavy atom. The fourth-order valence-corrected chi connectivity index (χ4v) is 5.50. The van der Waals surface area contributed by atoms with Crippen LogP contribution in [-0.4, -0.2) is 80.4 Å². The Hall–Kier alpha value is -0.160. The number of alkyl halides is 4. The molecule has 0 spiro atoms. The van der Waals surface area contributed by atoms with Crippen LogP contribution in [0.5, 0.6) is 0 Å². The molecule has 3 aliphatic heterocycles. The zero-order chi connectivity index (χ0) is 20.6. The molecule has 1 aliphatic carbocycles. The molecule has 4 N–H and O–H groups in total. The van der Waals surface area contributed by atoms with Crippen LogP contribution in [0.3, 0.4) is 0 Å². The average Bonchev–Trinajstić information content (AvgIpc) is 3.13. The fraction of sp³-hybridized carbons (Fsp3) is 1.00. The summed E-state index contributed by atoms with van der Waals surface area (Å²) in [6.45, 7) is 4.28. The molecule has 4 aliphatic rings. The highest BCUT2D eigenvalue weighted by molar-refractivity contribution is 6.20. The zero-order valence-corrected chi connectivity index (χ0v) is 17.3. The Morgan fingerprint density at radius 1 is 1.21 bits per heavy atom. The van der Waals surface area contributed by atoms with Crippen LogP contribution >= 0.6 is 11.6 Å². The molecule has 0 aromatic rings. The van der Waals surface area contributed by atoms with Gasteiger partial charge in [-0.3, -0.25) is 15.5 Å². The van der Waals surface area contributed by atoms with Crippen molar-refractivity contribution in [1.29, 1.82) is 0 Å². The molecule has 1 saturated carbocycles. The number of hydrogen-bond acceptors (Lipinski definition) is 6. The maximum absolute atomic E-state index is 13.4. The van der Waals surface area contributed by atoms with Gasteiger partial charge in [-0.2, -0.15) is 13.2 Å². The van der Waals surface area contributed by atoms with Gasteiger partial charge in [0, 0.05) is 25.0 Å². The van der Waals surface area contributed by atoms with E-state index in [-0.39, 0.29) is 36.9 Å². The molecular formula is C19H32ClF3N4O2. The van der Waals surface area contributed by atoms with Gasteiger partial charge >= 0.3 is 6.18 Å². The van der Waals surface area contributed by atoms with Crippen molar-refractivity contribution in [3.05, 3.63) is 0 Å². The van der Waals surface area contributed by atoms with Gasteiger partial charge in [0.2, 0.25) is 0 Å². The Morgan fingerprint density at radius 2 is 2.00 bits per heavy atom. The third kappa shape index (κ3) is 5.02. The van der Waals surface area contributed by atoms with Gasteiger partial charge in [-0.15, -0.1) is 11.6 Å². The molecule has 0 amide bonds. The summed E-state index contributed by atoms with van der Waals surface area (Å²) in [4.78, 5) is 2.35. The second-order valence-electron chi connectivity index (χ2n) is 8.95. The molecule has 3 heterocycles. The van der Waals surface area contributed by atoms with Crippen molar-refractivity contribution in [2.24, 2.45) is 23.5 Å². The lowest BCUT2D eigenvalue weighted by Gasteiger charge is -2.48. The van der Waals surface area contributed by atoms with E-state index in [2.05, 4.69) is 15.5 Å². The largest absolute Gasteiger partial charge is 0.393 e. The quantitative estimate of drug-likeness (QED) is 0.562. The molecule has 7 atom stereocenters. The second-order valence-corrected chi connectivity index (χ2v) is 9.51. The summed E-state index contributed by atoms with van der Waals surface area (Å²) >= 11 is 6.03. The van der Waals surface area contributed by atoms with E-state index in [1.54, 1.807) is 0 Å². The van der Waals surface area contributed by atoms with Crippen molar-refractivity contribution in [3.63, 3.8) is 0 Å². The molecule has 10 heteroatoms. The molecule has 7 unspecified atom stereocenters. The molecule has 0 aromatic heterocycles. The van der Waals surface area contributed by atoms with Crippen LogP contribution in [-0.2, 0) is 9.47 Å². The van der Waals surface area contributed by atoms with Gasteiger partial charge in [0.25, 0.3) is 0 Å². The van der Waals surface area contributed by atoms with E-state index < -0.39 is 17.5 Å². The molecule has 29 heavy (non-hydrogen) atoms. The minimum absolute atomic E-state index is 0.0311. The molecular weight excluding hydrogens is 409 g/mol. The molecule has 4 rings (SSSR count). The summed E-state index contributed by atoms with van der Waals surface area (Å²) in [7, 11) is 0. The van der Waals surface area contributed by atoms with Crippen LogP contribution in [0.25, 0.3) is 0 Å². The number of halogens is 4. The Balaban J connectivity index is 1.43. The third-order valence-corrected chi connectivity index (χ3v) is 7.48. The van der Waals surface area contributed by atoms with Crippen LogP contribution < -0.4 is 16.4 Å². The highest BCUT2D eigenvalue weighted by atomic mass is 35.5. The average molecular weight is 441 g/mol. The smallest absolute Gasteiger partial charge is 0.376 e. The minimum Gasteiger partial charge on any atom is -0.376 e. The maximum atomic E-state index is 13.4. The van der Waals surface area contributed by atoms with Crippen molar-refractivity contribution >= 4 is 11.6 Å². The number of nitrogens with two attached hydrogens (primary N) is 1. The van der Waals surface area contributed by atoms with Crippen LogP contribution in [0.2, 0.25) is 0 Å². The summed E-state index contributed by atoms with van der Waals surface area (Å²) in [5.41, 5.74) is 5.86. The highest BCUT2D eigenvalue weighted by Gasteiger charge is 2.49. The van der Waals surface area contributed by atoms with Crippen LogP contribution in [0.15, 0.2) is 0 Å². The van der Waals surface area contributed by atoms with E-state index in [1.807, 2.05) is 0 Å². The first-order valence-electron chi connectivity index (χ1n) is 10.7. The number of likely N-dealkylation sites (tertiary alicyclic amines) is 1. The SMILES string of the molecule is NCC1CCN(C2NC(C3CCC(Cl)C(C(F)(F)F)C3)NCC2OC2COC2)C1. The van der Waals surface area contributed by atoms with Crippen LogP contribution in [0.1, 0.15) is 25.7 Å². The molecule has 168 valence electrons. The van der Waals surface area contributed by atoms with Gasteiger partial charge in [0.15, 0.2) is 0 Å². The molecule has 0 aromatic carbocycles. The molecule has 6 nitrogen and oxygen atoms in total. The Bertz CT molecular complexity index is 554. The number of nitrogens with zero attached hydrogens (tertiary/aromatic N) is 1. The summed E-state index contributed by atoms with van der Waals surface area (Å²) in [6.07, 6.45) is -2.26. The van der Waals surface area contributed by atoms with Crippen LogP contribution in [0.4, 0.5) is 13.2 Å². The lowest BCUT2D eigenvalue weighted by atomic mass is 9.78. The third-order valence-electron chi connectivity index (χ3n) is 6.96. The fourth-order valence-electron chi connectivity index (χ4n) is 5.13. The summed E-state index contributed by atoms with van der Waals surface area (Å²) < 4.78 is 51.7. The van der Waals surface area contributed by atoms with E-state index in [1.165, 1.54) is 0 Å². The Kier molecular flexibility index (Phi) is 6.95. The minimum atomic E-state index is -4.25. The van der Waals surface area contributed by atoms with E-state index in [9.17, 15) is 13.2 Å². The monoisotopic (exact) mass is 440 g/mol. The molecule has 0 radical (unpaired) electrons. The highest BCUT2D eigenvalue weighted by Crippen LogP contribution is 2.43. The number of rotatable bonds is 5. The number of ether oxygens (including phenoxy) is 2.